The molecule has 9 nitrogen and oxygen atoms in total. The summed E-state index contributed by atoms with van der Waals surface area (Å²) in [5.74, 6) is 4.90. The van der Waals surface area contributed by atoms with Gasteiger partial charge in [-0.1, -0.05) is 15.0 Å². The van der Waals surface area contributed by atoms with Gasteiger partial charge in [-0.25, -0.2) is 0 Å². The number of likely N-dealkylation sites (tertiary alicyclic amines) is 1. The van der Waals surface area contributed by atoms with Crippen LogP contribution < -0.4 is 13.8 Å². The highest BCUT2D eigenvalue weighted by Gasteiger charge is 2.28. The molecule has 1 atom stereocenters. The molecule has 0 bridgehead atoms. The number of halogens is 1. The van der Waals surface area contributed by atoms with Gasteiger partial charge in [0.15, 0.2) is 5.76 Å². The summed E-state index contributed by atoms with van der Waals surface area (Å²) >= 11 is 3.95. The molecule has 1 aliphatic heterocycles. The minimum atomic E-state index is 0.241. The summed E-state index contributed by atoms with van der Waals surface area (Å²) < 4.78 is 21.2. The van der Waals surface area contributed by atoms with Gasteiger partial charge in [0.05, 0.1) is 20.5 Å². The Balaban J connectivity index is 1.72. The van der Waals surface area contributed by atoms with Gasteiger partial charge in [0, 0.05) is 37.1 Å². The Morgan fingerprint density at radius 2 is 1.94 bits per heavy atom. The lowest BCUT2D eigenvalue weighted by Gasteiger charge is -2.34. The summed E-state index contributed by atoms with van der Waals surface area (Å²) in [7, 11) is 4.99. The van der Waals surface area contributed by atoms with E-state index in [1.54, 1.807) is 41.4 Å². The number of para-hydroxylation sites is 1. The van der Waals surface area contributed by atoms with Gasteiger partial charge < -0.3 is 18.8 Å². The molecule has 1 saturated heterocycles. The maximum absolute atomic E-state index is 12.5. The van der Waals surface area contributed by atoms with E-state index in [2.05, 4.69) is 42.6 Å². The van der Waals surface area contributed by atoms with E-state index in [9.17, 15) is 4.79 Å². The molecule has 0 unspecified atom stereocenters. The normalized spacial score (nSPS) is 15.8. The molecular formula is C24H30IN5O4S2. The molecule has 4 rings (SSSR count). The second kappa shape index (κ2) is 13.0. The van der Waals surface area contributed by atoms with E-state index in [-0.39, 0.29) is 11.9 Å². The van der Waals surface area contributed by atoms with Crippen molar-refractivity contribution in [1.29, 1.82) is 0 Å². The largest absolute Gasteiger partial charge is 0.494 e. The van der Waals surface area contributed by atoms with Crippen LogP contribution in [0.25, 0.3) is 17.3 Å². The van der Waals surface area contributed by atoms with E-state index in [0.29, 0.717) is 47.7 Å². The van der Waals surface area contributed by atoms with Gasteiger partial charge in [-0.05, 0) is 77.2 Å². The fraction of sp³-hybridized carbons (Fsp3) is 0.458. The average molecular weight is 644 g/mol. The molecular weight excluding hydrogens is 613 g/mol. The van der Waals surface area contributed by atoms with Crippen molar-refractivity contribution in [1.82, 2.24) is 19.7 Å². The van der Waals surface area contributed by atoms with E-state index in [1.165, 1.54) is 0 Å². The molecule has 1 amide bonds. The third kappa shape index (κ3) is 5.91. The lowest BCUT2D eigenvalue weighted by molar-refractivity contribution is -0.135. The number of piperidine rings is 1. The fourth-order valence-corrected chi connectivity index (χ4v) is 6.20. The number of furan rings is 1. The quantitative estimate of drug-likeness (QED) is 0.188. The van der Waals surface area contributed by atoms with Crippen molar-refractivity contribution in [2.75, 3.05) is 43.1 Å². The van der Waals surface area contributed by atoms with E-state index in [4.69, 9.17) is 13.9 Å². The Morgan fingerprint density at radius 3 is 2.58 bits per heavy atom. The topological polar surface area (TPSA) is 85.9 Å². The van der Waals surface area contributed by atoms with E-state index < -0.39 is 0 Å². The van der Waals surface area contributed by atoms with Crippen molar-refractivity contribution in [2.24, 2.45) is 0 Å². The van der Waals surface area contributed by atoms with Gasteiger partial charge in [-0.15, -0.1) is 10.2 Å². The SMILES string of the molecule is COc1cccc(OC)c1-n1c(-c2ccco2)nnc1N(CCSI)SCCN1C(=O)CCC[C@H]1C. The molecule has 1 aromatic carbocycles. The Kier molecular flexibility index (Phi) is 9.71. The molecule has 0 saturated carbocycles. The van der Waals surface area contributed by atoms with Crippen LogP contribution in [0.15, 0.2) is 41.0 Å². The average Bonchev–Trinajstić information content (AvgIpc) is 3.57. The van der Waals surface area contributed by atoms with Crippen molar-refractivity contribution in [2.45, 2.75) is 32.2 Å². The van der Waals surface area contributed by atoms with Crippen LogP contribution in [0.5, 0.6) is 11.5 Å². The number of benzene rings is 1. The standard InChI is InChI=1S/C24H30IN5O4S2/c1-17-7-4-11-21(31)28(17)12-16-36-29(13-15-35-25)24-27-26-23(20-10-6-14-34-20)30(24)22-18(32-2)8-5-9-19(22)33-3/h5-6,8-10,14,17H,4,7,11-13,15-16H2,1-3H3/t17-/m1/s1. The Labute approximate surface area is 232 Å². The molecule has 1 fully saturated rings. The lowest BCUT2D eigenvalue weighted by atomic mass is 10.0. The Hall–Kier alpha value is -2.06. The van der Waals surface area contributed by atoms with Crippen LogP contribution in [0, 0.1) is 0 Å². The highest BCUT2D eigenvalue weighted by molar-refractivity contribution is 14.2. The maximum Gasteiger partial charge on any atom is 0.242 e. The zero-order valence-corrected chi connectivity index (χ0v) is 24.3. The molecule has 0 spiro atoms. The number of hydrogen-bond acceptors (Lipinski definition) is 9. The van der Waals surface area contributed by atoms with Crippen molar-refractivity contribution in [3.05, 3.63) is 36.6 Å². The number of anilines is 1. The highest BCUT2D eigenvalue weighted by Crippen LogP contribution is 2.39. The molecule has 3 aromatic rings. The molecule has 2 aromatic heterocycles. The first-order chi connectivity index (χ1) is 17.6. The van der Waals surface area contributed by atoms with Crippen LogP contribution in [0.1, 0.15) is 26.2 Å². The number of methoxy groups -OCH3 is 2. The third-order valence-corrected chi connectivity index (χ3v) is 8.73. The minimum absolute atomic E-state index is 0.241. The maximum atomic E-state index is 12.5. The lowest BCUT2D eigenvalue weighted by Crippen LogP contribution is -2.43. The van der Waals surface area contributed by atoms with Gasteiger partial charge in [-0.3, -0.25) is 13.7 Å². The first-order valence-electron chi connectivity index (χ1n) is 11.7. The molecule has 12 heteroatoms. The third-order valence-electron chi connectivity index (χ3n) is 6.05. The van der Waals surface area contributed by atoms with Crippen LogP contribution in [0.3, 0.4) is 0 Å². The van der Waals surface area contributed by atoms with Crippen LogP contribution in [-0.2, 0) is 4.79 Å². The summed E-state index contributed by atoms with van der Waals surface area (Å²) in [4.78, 5) is 14.5. The number of aromatic nitrogens is 3. The van der Waals surface area contributed by atoms with Gasteiger partial charge in [0.1, 0.15) is 17.2 Å². The first kappa shape index (κ1) is 27.0. The predicted molar refractivity (Wildman–Crippen MR) is 153 cm³/mol. The van der Waals surface area contributed by atoms with E-state index >= 15 is 0 Å². The van der Waals surface area contributed by atoms with Crippen LogP contribution in [-0.4, -0.2) is 70.4 Å². The number of hydrogen-bond donors (Lipinski definition) is 0. The van der Waals surface area contributed by atoms with Gasteiger partial charge in [0.2, 0.25) is 17.7 Å². The van der Waals surface area contributed by atoms with Crippen LogP contribution >= 0.6 is 42.1 Å². The van der Waals surface area contributed by atoms with Crippen LogP contribution in [0.4, 0.5) is 5.95 Å². The number of amides is 1. The number of nitrogens with zero attached hydrogens (tertiary/aromatic N) is 5. The summed E-state index contributed by atoms with van der Waals surface area (Å²) in [6, 6.07) is 9.60. The predicted octanol–water partition coefficient (Wildman–Crippen LogP) is 5.48. The summed E-state index contributed by atoms with van der Waals surface area (Å²) in [6.07, 6.45) is 4.28. The van der Waals surface area contributed by atoms with Gasteiger partial charge in [0.25, 0.3) is 0 Å². The van der Waals surface area contributed by atoms with Crippen LogP contribution in [0.2, 0.25) is 0 Å². The number of rotatable bonds is 12. The number of carbonyl (C=O) groups excluding carboxylic acids is 1. The summed E-state index contributed by atoms with van der Waals surface area (Å²) in [6.45, 7) is 3.55. The molecule has 0 radical (unpaired) electrons. The number of carbonyl (C=O) groups is 1. The molecule has 3 heterocycles. The molecule has 36 heavy (non-hydrogen) atoms. The monoisotopic (exact) mass is 643 g/mol. The summed E-state index contributed by atoms with van der Waals surface area (Å²) in [5.41, 5.74) is 0.696. The molecule has 1 aliphatic rings. The second-order valence-electron chi connectivity index (χ2n) is 8.22. The molecule has 194 valence electrons. The number of ether oxygens (including phenoxy) is 2. The molecule has 0 N–H and O–H groups in total. The van der Waals surface area contributed by atoms with E-state index in [0.717, 1.165) is 30.9 Å². The van der Waals surface area contributed by atoms with Crippen molar-refractivity contribution in [3.63, 3.8) is 0 Å². The van der Waals surface area contributed by atoms with Gasteiger partial charge >= 0.3 is 0 Å². The zero-order chi connectivity index (χ0) is 25.5. The van der Waals surface area contributed by atoms with Crippen molar-refractivity contribution in [3.8, 4) is 28.8 Å². The van der Waals surface area contributed by atoms with Gasteiger partial charge in [-0.2, -0.15) is 0 Å². The highest BCUT2D eigenvalue weighted by atomic mass is 127. The minimum Gasteiger partial charge on any atom is -0.494 e. The Morgan fingerprint density at radius 1 is 1.17 bits per heavy atom. The zero-order valence-electron chi connectivity index (χ0n) is 20.6. The fourth-order valence-electron chi connectivity index (χ4n) is 4.29. The van der Waals surface area contributed by atoms with Crippen molar-refractivity contribution >= 4 is 53.9 Å². The molecule has 0 aliphatic carbocycles. The first-order valence-corrected chi connectivity index (χ1v) is 16.2. The smallest absolute Gasteiger partial charge is 0.242 e. The Bertz CT molecular complexity index is 1120. The second-order valence-corrected chi connectivity index (χ2v) is 11.8. The van der Waals surface area contributed by atoms with E-state index in [1.807, 2.05) is 39.8 Å². The summed E-state index contributed by atoms with van der Waals surface area (Å²) in [5, 5.41) is 9.12. The van der Waals surface area contributed by atoms with Crippen molar-refractivity contribution < 1.29 is 18.7 Å².